The second kappa shape index (κ2) is 8.29. The van der Waals surface area contributed by atoms with Gasteiger partial charge >= 0.3 is 0 Å². The fourth-order valence-electron chi connectivity index (χ4n) is 3.29. The minimum Gasteiger partial charge on any atom is -0.352 e. The average molecular weight is 372 g/mol. The first-order chi connectivity index (χ1) is 12.9. The molecule has 0 aliphatic carbocycles. The van der Waals surface area contributed by atoms with Crippen molar-refractivity contribution in [3.63, 3.8) is 0 Å². The molecule has 0 aromatic heterocycles. The van der Waals surface area contributed by atoms with Crippen LogP contribution in [0.4, 0.5) is 8.78 Å². The van der Waals surface area contributed by atoms with E-state index >= 15 is 0 Å². The molecule has 1 aliphatic rings. The molecule has 2 aromatic rings. The fraction of sp³-hybridized carbons (Fsp3) is 0.333. The van der Waals surface area contributed by atoms with Gasteiger partial charge in [0, 0.05) is 26.1 Å². The van der Waals surface area contributed by atoms with Crippen LogP contribution in [0.2, 0.25) is 0 Å². The molecule has 1 aliphatic heterocycles. The van der Waals surface area contributed by atoms with Gasteiger partial charge in [-0.3, -0.25) is 9.59 Å². The lowest BCUT2D eigenvalue weighted by Gasteiger charge is -2.32. The highest BCUT2D eigenvalue weighted by atomic mass is 19.1. The molecule has 4 nitrogen and oxygen atoms in total. The summed E-state index contributed by atoms with van der Waals surface area (Å²) in [5.74, 6) is -1.21. The normalized spacial score (nSPS) is 17.1. The monoisotopic (exact) mass is 372 g/mol. The molecule has 0 bridgehead atoms. The lowest BCUT2D eigenvalue weighted by Crippen LogP contribution is -2.45. The number of carbonyl (C=O) groups is 2. The summed E-state index contributed by atoms with van der Waals surface area (Å²) in [7, 11) is 0. The molecule has 0 radical (unpaired) electrons. The number of hydrogen-bond acceptors (Lipinski definition) is 2. The molecule has 1 atom stereocenters. The first-order valence-electron chi connectivity index (χ1n) is 8.97. The number of halogens is 2. The summed E-state index contributed by atoms with van der Waals surface area (Å²) in [6.45, 7) is 2.68. The van der Waals surface area contributed by atoms with Gasteiger partial charge in [0.15, 0.2) is 0 Å². The van der Waals surface area contributed by atoms with Crippen LogP contribution in [-0.4, -0.2) is 23.3 Å². The molecule has 1 saturated heterocycles. The standard InChI is InChI=1S/C21H22F2N2O2/c1-14-5-7-19(23)10-17(14)11-24-21(27)16-6-8-20(26)25(13-16)12-15-3-2-4-18(22)9-15/h2-5,7,9-10,16H,6,8,11-13H2,1H3,(H,24,27). The SMILES string of the molecule is Cc1ccc(F)cc1CNC(=O)C1CCC(=O)N(Cc2cccc(F)c2)C1. The number of nitrogens with one attached hydrogen (secondary N) is 1. The van der Waals surface area contributed by atoms with E-state index in [2.05, 4.69) is 5.32 Å². The van der Waals surface area contributed by atoms with E-state index in [1.54, 1.807) is 23.1 Å². The third kappa shape index (κ3) is 4.90. The Morgan fingerprint density at radius 2 is 1.96 bits per heavy atom. The van der Waals surface area contributed by atoms with Crippen LogP contribution in [0.3, 0.4) is 0 Å². The van der Waals surface area contributed by atoms with Gasteiger partial charge in [0.1, 0.15) is 11.6 Å². The highest BCUT2D eigenvalue weighted by Crippen LogP contribution is 2.21. The van der Waals surface area contributed by atoms with Crippen LogP contribution in [0.1, 0.15) is 29.5 Å². The van der Waals surface area contributed by atoms with Crippen molar-refractivity contribution < 1.29 is 18.4 Å². The van der Waals surface area contributed by atoms with Crippen LogP contribution in [0.15, 0.2) is 42.5 Å². The van der Waals surface area contributed by atoms with Crippen LogP contribution >= 0.6 is 0 Å². The van der Waals surface area contributed by atoms with Gasteiger partial charge in [-0.25, -0.2) is 8.78 Å². The maximum atomic E-state index is 13.4. The number of piperidine rings is 1. The number of nitrogens with zero attached hydrogens (tertiary/aromatic N) is 1. The number of amides is 2. The van der Waals surface area contributed by atoms with Crippen molar-refractivity contribution in [2.75, 3.05) is 6.54 Å². The van der Waals surface area contributed by atoms with E-state index in [0.717, 1.165) is 11.1 Å². The Kier molecular flexibility index (Phi) is 5.84. The number of rotatable bonds is 5. The van der Waals surface area contributed by atoms with Crippen LogP contribution in [0.25, 0.3) is 0 Å². The average Bonchev–Trinajstić information content (AvgIpc) is 2.64. The Balaban J connectivity index is 1.60. The molecule has 0 spiro atoms. The van der Waals surface area contributed by atoms with Gasteiger partial charge in [0.25, 0.3) is 0 Å². The van der Waals surface area contributed by atoms with E-state index in [9.17, 15) is 18.4 Å². The number of benzene rings is 2. The predicted molar refractivity (Wildman–Crippen MR) is 97.5 cm³/mol. The number of hydrogen-bond donors (Lipinski definition) is 1. The van der Waals surface area contributed by atoms with Crippen molar-refractivity contribution in [2.24, 2.45) is 5.92 Å². The molecule has 3 rings (SSSR count). The minimum atomic E-state index is -0.350. The Hall–Kier alpha value is -2.76. The number of likely N-dealkylation sites (tertiary alicyclic amines) is 1. The van der Waals surface area contributed by atoms with Gasteiger partial charge in [0.2, 0.25) is 11.8 Å². The maximum Gasteiger partial charge on any atom is 0.225 e. The predicted octanol–water partition coefficient (Wildman–Crippen LogP) is 3.33. The topological polar surface area (TPSA) is 49.4 Å². The van der Waals surface area contributed by atoms with Crippen molar-refractivity contribution in [1.29, 1.82) is 0 Å². The van der Waals surface area contributed by atoms with Crippen molar-refractivity contribution in [3.8, 4) is 0 Å². The molecule has 142 valence electrons. The molecule has 2 aromatic carbocycles. The smallest absolute Gasteiger partial charge is 0.225 e. The maximum absolute atomic E-state index is 13.4. The summed E-state index contributed by atoms with van der Waals surface area (Å²) >= 11 is 0. The summed E-state index contributed by atoms with van der Waals surface area (Å²) in [5, 5.41) is 2.84. The van der Waals surface area contributed by atoms with Crippen LogP contribution in [0.5, 0.6) is 0 Å². The van der Waals surface area contributed by atoms with Crippen molar-refractivity contribution in [2.45, 2.75) is 32.9 Å². The third-order valence-corrected chi connectivity index (χ3v) is 4.90. The number of aryl methyl sites for hydroxylation is 1. The van der Waals surface area contributed by atoms with E-state index in [1.807, 2.05) is 6.92 Å². The molecule has 1 N–H and O–H groups in total. The van der Waals surface area contributed by atoms with Gasteiger partial charge in [-0.05, 0) is 54.3 Å². The zero-order valence-electron chi connectivity index (χ0n) is 15.2. The van der Waals surface area contributed by atoms with Crippen molar-refractivity contribution in [3.05, 3.63) is 70.8 Å². The summed E-state index contributed by atoms with van der Waals surface area (Å²) in [6.07, 6.45) is 0.763. The first-order valence-corrected chi connectivity index (χ1v) is 8.97. The lowest BCUT2D eigenvalue weighted by atomic mass is 9.96. The minimum absolute atomic E-state index is 0.0377. The van der Waals surface area contributed by atoms with Crippen LogP contribution in [0, 0.1) is 24.5 Å². The number of carbonyl (C=O) groups excluding carboxylic acids is 2. The summed E-state index contributed by atoms with van der Waals surface area (Å²) in [4.78, 5) is 26.3. The Morgan fingerprint density at radius 1 is 1.19 bits per heavy atom. The quantitative estimate of drug-likeness (QED) is 0.875. The van der Waals surface area contributed by atoms with E-state index < -0.39 is 0 Å². The Morgan fingerprint density at radius 3 is 2.74 bits per heavy atom. The molecule has 1 heterocycles. The van der Waals surface area contributed by atoms with E-state index in [0.29, 0.717) is 18.5 Å². The van der Waals surface area contributed by atoms with Crippen LogP contribution < -0.4 is 5.32 Å². The summed E-state index contributed by atoms with van der Waals surface area (Å²) in [5.41, 5.74) is 2.33. The highest BCUT2D eigenvalue weighted by molar-refractivity contribution is 5.83. The van der Waals surface area contributed by atoms with E-state index in [-0.39, 0.29) is 48.9 Å². The fourth-order valence-corrected chi connectivity index (χ4v) is 3.29. The second-order valence-electron chi connectivity index (χ2n) is 6.93. The van der Waals surface area contributed by atoms with E-state index in [1.165, 1.54) is 24.3 Å². The van der Waals surface area contributed by atoms with Crippen molar-refractivity contribution >= 4 is 11.8 Å². The van der Waals surface area contributed by atoms with Gasteiger partial charge in [-0.1, -0.05) is 18.2 Å². The first kappa shape index (κ1) is 19.0. The van der Waals surface area contributed by atoms with Gasteiger partial charge in [0.05, 0.1) is 5.92 Å². The van der Waals surface area contributed by atoms with Crippen LogP contribution in [-0.2, 0) is 22.7 Å². The zero-order chi connectivity index (χ0) is 19.4. The molecule has 0 saturated carbocycles. The van der Waals surface area contributed by atoms with Gasteiger partial charge in [-0.15, -0.1) is 0 Å². The van der Waals surface area contributed by atoms with E-state index in [4.69, 9.17) is 0 Å². The molecular weight excluding hydrogens is 350 g/mol. The second-order valence-corrected chi connectivity index (χ2v) is 6.93. The van der Waals surface area contributed by atoms with Crippen molar-refractivity contribution in [1.82, 2.24) is 10.2 Å². The van der Waals surface area contributed by atoms with Gasteiger partial charge in [-0.2, -0.15) is 0 Å². The highest BCUT2D eigenvalue weighted by Gasteiger charge is 2.30. The molecule has 6 heteroatoms. The summed E-state index contributed by atoms with van der Waals surface area (Å²) < 4.78 is 26.7. The lowest BCUT2D eigenvalue weighted by molar-refractivity contribution is -0.139. The molecule has 1 unspecified atom stereocenters. The zero-order valence-corrected chi connectivity index (χ0v) is 15.2. The van der Waals surface area contributed by atoms with Gasteiger partial charge < -0.3 is 10.2 Å². The Bertz CT molecular complexity index is 854. The molecular formula is C21H22F2N2O2. The molecule has 1 fully saturated rings. The third-order valence-electron chi connectivity index (χ3n) is 4.90. The molecule has 27 heavy (non-hydrogen) atoms. The molecule has 2 amide bonds. The largest absolute Gasteiger partial charge is 0.352 e. The Labute approximate surface area is 157 Å². The summed E-state index contributed by atoms with van der Waals surface area (Å²) in [6, 6.07) is 10.6.